The van der Waals surface area contributed by atoms with E-state index in [1.165, 1.54) is 25.8 Å². The molecule has 1 saturated carbocycles. The average Bonchev–Trinajstić information content (AvgIpc) is 2.68. The molecular formula is C13H25NO. The summed E-state index contributed by atoms with van der Waals surface area (Å²) in [6, 6.07) is 0. The predicted molar refractivity (Wildman–Crippen MR) is 62.9 cm³/mol. The Morgan fingerprint density at radius 1 is 1.20 bits per heavy atom. The first-order chi connectivity index (χ1) is 7.25. The largest absolute Gasteiger partial charge is 0.379 e. The van der Waals surface area contributed by atoms with Crippen LogP contribution in [-0.2, 0) is 4.74 Å². The molecule has 0 amide bonds. The molecule has 1 heterocycles. The van der Waals surface area contributed by atoms with Gasteiger partial charge in [0.1, 0.15) is 0 Å². The molecule has 0 aromatic heterocycles. The summed E-state index contributed by atoms with van der Waals surface area (Å²) in [5, 5.41) is 0. The number of nitrogens with zero attached hydrogens (tertiary/aromatic N) is 1. The van der Waals surface area contributed by atoms with Crippen LogP contribution in [-0.4, -0.2) is 37.7 Å². The molecule has 0 bridgehead atoms. The summed E-state index contributed by atoms with van der Waals surface area (Å²) in [7, 11) is 0. The molecule has 2 heteroatoms. The molecule has 1 saturated heterocycles. The lowest BCUT2D eigenvalue weighted by atomic mass is 9.93. The summed E-state index contributed by atoms with van der Waals surface area (Å²) in [4.78, 5) is 2.59. The Morgan fingerprint density at radius 3 is 2.53 bits per heavy atom. The molecule has 2 aliphatic rings. The zero-order valence-electron chi connectivity index (χ0n) is 10.2. The van der Waals surface area contributed by atoms with Crippen molar-refractivity contribution >= 4 is 0 Å². The highest BCUT2D eigenvalue weighted by Crippen LogP contribution is 2.35. The van der Waals surface area contributed by atoms with Crippen molar-refractivity contribution in [1.29, 1.82) is 0 Å². The Hall–Kier alpha value is -0.0800. The van der Waals surface area contributed by atoms with E-state index >= 15 is 0 Å². The van der Waals surface area contributed by atoms with E-state index in [1.54, 1.807) is 0 Å². The molecule has 1 aliphatic heterocycles. The highest BCUT2D eigenvalue weighted by atomic mass is 16.5. The van der Waals surface area contributed by atoms with Crippen molar-refractivity contribution in [2.24, 2.45) is 17.8 Å². The van der Waals surface area contributed by atoms with Crippen LogP contribution >= 0.6 is 0 Å². The average molecular weight is 211 g/mol. The minimum Gasteiger partial charge on any atom is -0.379 e. The van der Waals surface area contributed by atoms with Crippen molar-refractivity contribution in [2.45, 2.75) is 33.1 Å². The van der Waals surface area contributed by atoms with Gasteiger partial charge in [-0.2, -0.15) is 0 Å². The topological polar surface area (TPSA) is 12.5 Å². The summed E-state index contributed by atoms with van der Waals surface area (Å²) in [6.07, 6.45) is 4.39. The Bertz CT molecular complexity index is 187. The Labute approximate surface area is 94.0 Å². The van der Waals surface area contributed by atoms with Crippen LogP contribution in [0.15, 0.2) is 0 Å². The maximum Gasteiger partial charge on any atom is 0.0594 e. The van der Waals surface area contributed by atoms with Crippen LogP contribution in [0.2, 0.25) is 0 Å². The molecule has 1 aliphatic carbocycles. The third-order valence-corrected chi connectivity index (χ3v) is 4.14. The first kappa shape index (κ1) is 11.4. The molecule has 2 unspecified atom stereocenters. The third-order valence-electron chi connectivity index (χ3n) is 4.14. The van der Waals surface area contributed by atoms with E-state index < -0.39 is 0 Å². The Morgan fingerprint density at radius 2 is 1.93 bits per heavy atom. The highest BCUT2D eigenvalue weighted by Gasteiger charge is 2.28. The molecule has 15 heavy (non-hydrogen) atoms. The smallest absolute Gasteiger partial charge is 0.0594 e. The summed E-state index contributed by atoms with van der Waals surface area (Å²) < 4.78 is 5.38. The van der Waals surface area contributed by atoms with Crippen molar-refractivity contribution < 1.29 is 4.74 Å². The van der Waals surface area contributed by atoms with Crippen LogP contribution in [0.1, 0.15) is 33.1 Å². The summed E-state index contributed by atoms with van der Waals surface area (Å²) in [6.45, 7) is 10.3. The molecule has 2 fully saturated rings. The monoisotopic (exact) mass is 211 g/mol. The summed E-state index contributed by atoms with van der Waals surface area (Å²) >= 11 is 0. The van der Waals surface area contributed by atoms with Gasteiger partial charge in [0.25, 0.3) is 0 Å². The van der Waals surface area contributed by atoms with Crippen LogP contribution in [0.3, 0.4) is 0 Å². The second-order valence-electron chi connectivity index (χ2n) is 5.60. The molecule has 0 radical (unpaired) electrons. The first-order valence-electron chi connectivity index (χ1n) is 6.56. The first-order valence-corrected chi connectivity index (χ1v) is 6.56. The molecule has 0 aromatic rings. The van der Waals surface area contributed by atoms with Crippen molar-refractivity contribution in [1.82, 2.24) is 4.90 Å². The van der Waals surface area contributed by atoms with Crippen molar-refractivity contribution in [2.75, 3.05) is 32.8 Å². The summed E-state index contributed by atoms with van der Waals surface area (Å²) in [5.41, 5.74) is 0. The maximum absolute atomic E-state index is 5.38. The Kier molecular flexibility index (Phi) is 4.04. The van der Waals surface area contributed by atoms with Gasteiger partial charge in [-0.3, -0.25) is 4.90 Å². The molecule has 2 rings (SSSR count). The summed E-state index contributed by atoms with van der Waals surface area (Å²) in [5.74, 6) is 2.85. The quantitative estimate of drug-likeness (QED) is 0.710. The van der Waals surface area contributed by atoms with E-state index in [-0.39, 0.29) is 0 Å². The molecular weight excluding hydrogens is 186 g/mol. The normalized spacial score (nSPS) is 33.8. The van der Waals surface area contributed by atoms with E-state index in [0.29, 0.717) is 0 Å². The molecule has 2 atom stereocenters. The maximum atomic E-state index is 5.38. The van der Waals surface area contributed by atoms with Crippen LogP contribution < -0.4 is 0 Å². The van der Waals surface area contributed by atoms with Gasteiger partial charge in [-0.1, -0.05) is 13.8 Å². The number of hydrogen-bond donors (Lipinski definition) is 0. The van der Waals surface area contributed by atoms with Gasteiger partial charge in [0, 0.05) is 19.6 Å². The lowest BCUT2D eigenvalue weighted by Crippen LogP contribution is -2.39. The molecule has 0 N–H and O–H groups in total. The molecule has 0 spiro atoms. The number of morpholine rings is 1. The molecule has 2 nitrogen and oxygen atoms in total. The van der Waals surface area contributed by atoms with Crippen molar-refractivity contribution in [3.05, 3.63) is 0 Å². The van der Waals surface area contributed by atoms with Gasteiger partial charge in [-0.05, 0) is 37.0 Å². The molecule has 88 valence electrons. The van der Waals surface area contributed by atoms with Gasteiger partial charge >= 0.3 is 0 Å². The van der Waals surface area contributed by atoms with Crippen LogP contribution in [0.4, 0.5) is 0 Å². The fourth-order valence-corrected chi connectivity index (χ4v) is 3.03. The van der Waals surface area contributed by atoms with E-state index in [0.717, 1.165) is 44.1 Å². The zero-order chi connectivity index (χ0) is 10.7. The van der Waals surface area contributed by atoms with E-state index in [9.17, 15) is 0 Å². The zero-order valence-corrected chi connectivity index (χ0v) is 10.2. The standard InChI is InChI=1S/C13H25NO/c1-11(2)13-4-3-12(9-13)10-14-5-7-15-8-6-14/h11-13H,3-10H2,1-2H3. The SMILES string of the molecule is CC(C)C1CCC(CN2CCOCC2)C1. The lowest BCUT2D eigenvalue weighted by Gasteiger charge is -2.29. The fourth-order valence-electron chi connectivity index (χ4n) is 3.03. The van der Waals surface area contributed by atoms with E-state index in [4.69, 9.17) is 4.74 Å². The van der Waals surface area contributed by atoms with E-state index in [2.05, 4.69) is 18.7 Å². The van der Waals surface area contributed by atoms with Crippen LogP contribution in [0.5, 0.6) is 0 Å². The highest BCUT2D eigenvalue weighted by molar-refractivity contribution is 4.80. The minimum atomic E-state index is 0.889. The number of ether oxygens (including phenoxy) is 1. The van der Waals surface area contributed by atoms with Gasteiger partial charge < -0.3 is 4.74 Å². The van der Waals surface area contributed by atoms with Gasteiger partial charge in [0.05, 0.1) is 13.2 Å². The minimum absolute atomic E-state index is 0.889. The van der Waals surface area contributed by atoms with E-state index in [1.807, 2.05) is 0 Å². The van der Waals surface area contributed by atoms with Crippen molar-refractivity contribution in [3.63, 3.8) is 0 Å². The van der Waals surface area contributed by atoms with Gasteiger partial charge in [0.2, 0.25) is 0 Å². The van der Waals surface area contributed by atoms with Gasteiger partial charge in [-0.15, -0.1) is 0 Å². The van der Waals surface area contributed by atoms with Crippen LogP contribution in [0.25, 0.3) is 0 Å². The number of hydrogen-bond acceptors (Lipinski definition) is 2. The molecule has 0 aromatic carbocycles. The fraction of sp³-hybridized carbons (Fsp3) is 1.00. The Balaban J connectivity index is 1.71. The number of rotatable bonds is 3. The van der Waals surface area contributed by atoms with Gasteiger partial charge in [0.15, 0.2) is 0 Å². The van der Waals surface area contributed by atoms with Crippen molar-refractivity contribution in [3.8, 4) is 0 Å². The predicted octanol–water partition coefficient (Wildman–Crippen LogP) is 2.39. The third kappa shape index (κ3) is 3.18. The van der Waals surface area contributed by atoms with Gasteiger partial charge in [-0.25, -0.2) is 0 Å². The second kappa shape index (κ2) is 5.31. The van der Waals surface area contributed by atoms with Crippen LogP contribution in [0, 0.1) is 17.8 Å². The lowest BCUT2D eigenvalue weighted by molar-refractivity contribution is 0.0307. The second-order valence-corrected chi connectivity index (χ2v) is 5.60.